The molecule has 5 heteroatoms. The van der Waals surface area contributed by atoms with Gasteiger partial charge in [-0.05, 0) is 0 Å². The maximum atomic E-state index is 7.61. The Kier molecular flexibility index (Phi) is 2.26. The van der Waals surface area contributed by atoms with Crippen LogP contribution in [-0.4, -0.2) is 29.5 Å². The van der Waals surface area contributed by atoms with E-state index in [4.69, 9.17) is 15.1 Å². The van der Waals surface area contributed by atoms with Gasteiger partial charge in [-0.25, -0.2) is 0 Å². The first-order valence-corrected chi connectivity index (χ1v) is 1.11. The summed E-state index contributed by atoms with van der Waals surface area (Å²) in [4.78, 5) is 0. The van der Waals surface area contributed by atoms with Crippen LogP contribution < -0.4 is 0 Å². The molecule has 3 N–H and O–H groups in total. The van der Waals surface area contributed by atoms with E-state index in [9.17, 15) is 0 Å². The zero-order valence-corrected chi connectivity index (χ0v) is 2.50. The first-order valence-electron chi connectivity index (χ1n) is 1.11. The number of hydrogen-bond acceptors (Lipinski definition) is 3. The molecule has 3 nitrogen and oxygen atoms in total. The smallest absolute Gasteiger partial charge is 0.433 e. The van der Waals surface area contributed by atoms with Crippen molar-refractivity contribution in [2.45, 2.75) is 0 Å². The fourth-order valence-electron chi connectivity index (χ4n) is 0. The second-order valence-electron chi connectivity index (χ2n) is 0.563. The van der Waals surface area contributed by atoms with Crippen molar-refractivity contribution in [1.29, 1.82) is 0 Å². The third kappa shape index (κ3) is 4.01. The fourth-order valence-corrected chi connectivity index (χ4v) is 0. The zero-order chi connectivity index (χ0) is 4.28. The van der Waals surface area contributed by atoms with Crippen LogP contribution in [0.4, 0.5) is 0 Å². The largest absolute Gasteiger partial charge is 0.458 e. The van der Waals surface area contributed by atoms with E-state index in [0.717, 1.165) is 0 Å². The van der Waals surface area contributed by atoms with Crippen molar-refractivity contribution in [1.82, 2.24) is 0 Å². The molecular formula is H3B2O3. The van der Waals surface area contributed by atoms with Crippen molar-refractivity contribution >= 4 is 14.4 Å². The molecule has 0 saturated heterocycles. The van der Waals surface area contributed by atoms with Crippen LogP contribution in [0.2, 0.25) is 0 Å². The van der Waals surface area contributed by atoms with E-state index in [1.807, 2.05) is 0 Å². The molecule has 0 spiro atoms. The van der Waals surface area contributed by atoms with Gasteiger partial charge in [-0.1, -0.05) is 0 Å². The van der Waals surface area contributed by atoms with E-state index in [1.54, 1.807) is 0 Å². The van der Waals surface area contributed by atoms with E-state index in [1.165, 1.54) is 0 Å². The SMILES string of the molecule is O[B]B(O)O. The second-order valence-corrected chi connectivity index (χ2v) is 0.563. The minimum atomic E-state index is -1.69. The molecule has 0 unspecified atom stereocenters. The molecule has 5 heavy (non-hydrogen) atoms. The lowest BCUT2D eigenvalue weighted by Gasteiger charge is -1.78. The quantitative estimate of drug-likeness (QED) is 0.302. The summed E-state index contributed by atoms with van der Waals surface area (Å²) in [5, 5.41) is 22.7. The Hall–Kier alpha value is 0.00987. The van der Waals surface area contributed by atoms with Gasteiger partial charge in [0.15, 0.2) is 0 Å². The van der Waals surface area contributed by atoms with Crippen molar-refractivity contribution in [2.75, 3.05) is 0 Å². The van der Waals surface area contributed by atoms with E-state index < -0.39 is 7.01 Å². The summed E-state index contributed by atoms with van der Waals surface area (Å²) >= 11 is 0. The van der Waals surface area contributed by atoms with Gasteiger partial charge in [-0.3, -0.25) is 0 Å². The molecule has 0 rings (SSSR count). The van der Waals surface area contributed by atoms with Crippen LogP contribution in [0, 0.1) is 0 Å². The predicted molar refractivity (Wildman–Crippen MR) is 18.2 cm³/mol. The van der Waals surface area contributed by atoms with E-state index >= 15 is 0 Å². The van der Waals surface area contributed by atoms with E-state index in [-0.39, 0.29) is 7.37 Å². The molecule has 0 fully saturated rings. The first-order chi connectivity index (χ1) is 2.27. The standard InChI is InChI=1S/B2H3O3/c3-1-2(4)5/h3-5H. The normalized spacial score (nSPS) is 7.00. The van der Waals surface area contributed by atoms with Crippen LogP contribution in [0.5, 0.6) is 0 Å². The first kappa shape index (κ1) is 5.01. The van der Waals surface area contributed by atoms with Gasteiger partial charge in [-0.2, -0.15) is 0 Å². The minimum Gasteiger partial charge on any atom is -0.458 e. The Morgan fingerprint density at radius 3 is 1.60 bits per heavy atom. The Morgan fingerprint density at radius 1 is 1.40 bits per heavy atom. The van der Waals surface area contributed by atoms with E-state index in [0.29, 0.717) is 0 Å². The molecule has 0 aliphatic heterocycles. The maximum absolute atomic E-state index is 7.61. The van der Waals surface area contributed by atoms with Crippen LogP contribution in [0.15, 0.2) is 0 Å². The van der Waals surface area contributed by atoms with Crippen molar-refractivity contribution in [3.05, 3.63) is 0 Å². The topological polar surface area (TPSA) is 60.7 Å². The van der Waals surface area contributed by atoms with Gasteiger partial charge in [0.2, 0.25) is 0 Å². The Bertz CT molecular complexity index is 18.9. The number of hydrogen-bond donors (Lipinski definition) is 3. The summed E-state index contributed by atoms with van der Waals surface area (Å²) in [6.45, 7) is 0. The zero-order valence-electron chi connectivity index (χ0n) is 2.50. The van der Waals surface area contributed by atoms with Gasteiger partial charge in [0.1, 0.15) is 0 Å². The van der Waals surface area contributed by atoms with Gasteiger partial charge in [-0.15, -0.1) is 0 Å². The van der Waals surface area contributed by atoms with Crippen molar-refractivity contribution < 1.29 is 15.1 Å². The van der Waals surface area contributed by atoms with Crippen LogP contribution in [-0.2, 0) is 0 Å². The molecule has 0 saturated carbocycles. The molecule has 0 atom stereocenters. The summed E-state index contributed by atoms with van der Waals surface area (Å²) in [5.41, 5.74) is 0. The van der Waals surface area contributed by atoms with Crippen molar-refractivity contribution in [3.8, 4) is 0 Å². The molecule has 0 aliphatic rings. The molecule has 0 aromatic heterocycles. The monoisotopic (exact) mass is 73.0 g/mol. The average molecular weight is 72.6 g/mol. The van der Waals surface area contributed by atoms with Gasteiger partial charge >= 0.3 is 14.4 Å². The lowest BCUT2D eigenvalue weighted by molar-refractivity contribution is 0.423. The molecule has 0 aromatic rings. The highest BCUT2D eigenvalue weighted by Gasteiger charge is 2.02. The average Bonchev–Trinajstić information content (AvgIpc) is 1.38. The molecule has 0 aliphatic carbocycles. The summed E-state index contributed by atoms with van der Waals surface area (Å²) in [6.07, 6.45) is 0. The highest BCUT2D eigenvalue weighted by atomic mass is 16.4. The fraction of sp³-hybridized carbons (Fsp3) is 0. The van der Waals surface area contributed by atoms with Crippen LogP contribution in [0.3, 0.4) is 0 Å². The lowest BCUT2D eigenvalue weighted by atomic mass is 9.58. The molecular weight excluding hydrogens is 69.6 g/mol. The molecule has 27 valence electrons. The summed E-state index contributed by atoms with van der Waals surface area (Å²) < 4.78 is 0. The summed E-state index contributed by atoms with van der Waals surface area (Å²) in [6, 6.07) is 0. The third-order valence-corrected chi connectivity index (χ3v) is 0.133. The predicted octanol–water partition coefficient (Wildman–Crippen LogP) is -2.43. The summed E-state index contributed by atoms with van der Waals surface area (Å²) in [5.74, 6) is 0. The van der Waals surface area contributed by atoms with Crippen LogP contribution in [0.25, 0.3) is 0 Å². The molecule has 0 amide bonds. The van der Waals surface area contributed by atoms with Crippen molar-refractivity contribution in [2.24, 2.45) is 0 Å². The third-order valence-electron chi connectivity index (χ3n) is 0.133. The second kappa shape index (κ2) is 2.26. The van der Waals surface area contributed by atoms with E-state index in [2.05, 4.69) is 0 Å². The Labute approximate surface area is 30.7 Å². The minimum absolute atomic E-state index is 0.278. The summed E-state index contributed by atoms with van der Waals surface area (Å²) in [7, 11) is -1.41. The highest BCUT2D eigenvalue weighted by Crippen LogP contribution is 1.50. The Balaban J connectivity index is 2.54. The van der Waals surface area contributed by atoms with Crippen molar-refractivity contribution in [3.63, 3.8) is 0 Å². The lowest BCUT2D eigenvalue weighted by Crippen LogP contribution is -2.20. The molecule has 0 aromatic carbocycles. The maximum Gasteiger partial charge on any atom is 0.433 e. The van der Waals surface area contributed by atoms with Gasteiger partial charge in [0, 0.05) is 0 Å². The Morgan fingerprint density at radius 2 is 1.60 bits per heavy atom. The van der Waals surface area contributed by atoms with Gasteiger partial charge in [0.25, 0.3) is 0 Å². The van der Waals surface area contributed by atoms with Gasteiger partial charge in [0.05, 0.1) is 0 Å². The van der Waals surface area contributed by atoms with Crippen LogP contribution in [0.1, 0.15) is 0 Å². The highest BCUT2D eigenvalue weighted by molar-refractivity contribution is 7.00. The molecule has 0 heterocycles. The molecule has 1 radical (unpaired) electrons. The number of rotatable bonds is 1. The van der Waals surface area contributed by atoms with Gasteiger partial charge < -0.3 is 15.1 Å². The molecule has 0 bridgehead atoms. The van der Waals surface area contributed by atoms with Crippen LogP contribution >= 0.6 is 0 Å².